The van der Waals surface area contributed by atoms with E-state index >= 15 is 0 Å². The molecular weight excluding hydrogens is 258 g/mol. The third kappa shape index (κ3) is 2.10. The zero-order valence-electron chi connectivity index (χ0n) is 8.98. The maximum absolute atomic E-state index is 5.74. The van der Waals surface area contributed by atoms with E-state index < -0.39 is 0 Å². The van der Waals surface area contributed by atoms with Crippen molar-refractivity contribution in [2.75, 3.05) is 13.2 Å². The average molecular weight is 268 g/mol. The summed E-state index contributed by atoms with van der Waals surface area (Å²) in [5, 5.41) is 2.93. The minimum Gasteiger partial charge on any atom is -0.486 e. The second-order valence-electron chi connectivity index (χ2n) is 3.64. The van der Waals surface area contributed by atoms with Crippen molar-refractivity contribution in [3.8, 4) is 22.1 Å². The normalized spacial score (nSPS) is 13.7. The van der Waals surface area contributed by atoms with Crippen LogP contribution in [-0.2, 0) is 5.88 Å². The van der Waals surface area contributed by atoms with Crippen molar-refractivity contribution in [2.24, 2.45) is 0 Å². The number of nitrogens with zero attached hydrogens (tertiary/aromatic N) is 1. The highest BCUT2D eigenvalue weighted by Gasteiger charge is 2.13. The van der Waals surface area contributed by atoms with Crippen LogP contribution in [0.2, 0.25) is 0 Å². The summed E-state index contributed by atoms with van der Waals surface area (Å²) in [7, 11) is 0. The van der Waals surface area contributed by atoms with Crippen LogP contribution in [0.25, 0.3) is 10.6 Å². The summed E-state index contributed by atoms with van der Waals surface area (Å²) in [5.41, 5.74) is 1.94. The van der Waals surface area contributed by atoms with Crippen LogP contribution in [-0.4, -0.2) is 18.2 Å². The first-order valence-electron chi connectivity index (χ1n) is 5.27. The number of halogens is 1. The van der Waals surface area contributed by atoms with Gasteiger partial charge in [0.15, 0.2) is 11.5 Å². The fourth-order valence-electron chi connectivity index (χ4n) is 1.68. The van der Waals surface area contributed by atoms with Gasteiger partial charge in [0.1, 0.15) is 18.2 Å². The van der Waals surface area contributed by atoms with Gasteiger partial charge in [-0.25, -0.2) is 4.98 Å². The molecule has 3 nitrogen and oxygen atoms in total. The van der Waals surface area contributed by atoms with Gasteiger partial charge >= 0.3 is 0 Å². The molecule has 1 aliphatic heterocycles. The number of aromatic nitrogens is 1. The van der Waals surface area contributed by atoms with Crippen molar-refractivity contribution in [1.82, 2.24) is 4.98 Å². The molecule has 17 heavy (non-hydrogen) atoms. The van der Waals surface area contributed by atoms with Crippen LogP contribution in [0, 0.1) is 0 Å². The Morgan fingerprint density at radius 2 is 2.06 bits per heavy atom. The Kier molecular flexibility index (Phi) is 2.91. The second-order valence-corrected chi connectivity index (χ2v) is 4.76. The summed E-state index contributed by atoms with van der Waals surface area (Å²) in [6.07, 6.45) is 0. The number of ether oxygens (including phenoxy) is 2. The van der Waals surface area contributed by atoms with Gasteiger partial charge in [-0.3, -0.25) is 0 Å². The van der Waals surface area contributed by atoms with Crippen LogP contribution in [0.4, 0.5) is 0 Å². The maximum atomic E-state index is 5.74. The molecule has 3 rings (SSSR count). The van der Waals surface area contributed by atoms with E-state index in [1.165, 1.54) is 0 Å². The van der Waals surface area contributed by atoms with Crippen LogP contribution in [0.5, 0.6) is 11.5 Å². The fourth-order valence-corrected chi connectivity index (χ4v) is 2.72. The molecule has 2 heterocycles. The number of fused-ring (bicyclic) bond motifs is 1. The molecule has 5 heteroatoms. The average Bonchev–Trinajstić information content (AvgIpc) is 2.87. The molecule has 88 valence electrons. The number of hydrogen-bond acceptors (Lipinski definition) is 4. The highest BCUT2D eigenvalue weighted by atomic mass is 35.5. The predicted molar refractivity (Wildman–Crippen MR) is 68.1 cm³/mol. The summed E-state index contributed by atoms with van der Waals surface area (Å²) in [4.78, 5) is 4.44. The van der Waals surface area contributed by atoms with E-state index in [4.69, 9.17) is 21.1 Å². The van der Waals surface area contributed by atoms with Gasteiger partial charge in [0.05, 0.1) is 11.6 Å². The summed E-state index contributed by atoms with van der Waals surface area (Å²) in [5.74, 6) is 2.03. The Labute approximate surface area is 108 Å². The van der Waals surface area contributed by atoms with E-state index in [9.17, 15) is 0 Å². The van der Waals surface area contributed by atoms with Crippen molar-refractivity contribution in [3.63, 3.8) is 0 Å². The quantitative estimate of drug-likeness (QED) is 0.782. The molecule has 0 spiro atoms. The van der Waals surface area contributed by atoms with Crippen LogP contribution in [0.1, 0.15) is 5.69 Å². The first kappa shape index (κ1) is 10.9. The van der Waals surface area contributed by atoms with Gasteiger partial charge in [0.2, 0.25) is 0 Å². The third-order valence-corrected chi connectivity index (χ3v) is 3.69. The lowest BCUT2D eigenvalue weighted by molar-refractivity contribution is 0.171. The molecule has 1 aromatic heterocycles. The van der Waals surface area contributed by atoms with Crippen LogP contribution in [0.3, 0.4) is 0 Å². The first-order valence-corrected chi connectivity index (χ1v) is 6.68. The molecule has 0 atom stereocenters. The number of thiazole rings is 1. The zero-order valence-corrected chi connectivity index (χ0v) is 10.6. The Morgan fingerprint density at radius 3 is 2.82 bits per heavy atom. The van der Waals surface area contributed by atoms with Crippen LogP contribution in [0.15, 0.2) is 23.6 Å². The molecule has 1 aromatic carbocycles. The predicted octanol–water partition coefficient (Wildman–Crippen LogP) is 3.32. The molecule has 0 radical (unpaired) electrons. The second kappa shape index (κ2) is 4.55. The molecular formula is C12H10ClNO2S. The van der Waals surface area contributed by atoms with Crippen LogP contribution < -0.4 is 9.47 Å². The largest absolute Gasteiger partial charge is 0.486 e. The van der Waals surface area contributed by atoms with Crippen molar-refractivity contribution in [3.05, 3.63) is 29.3 Å². The highest BCUT2D eigenvalue weighted by Crippen LogP contribution is 2.35. The zero-order chi connectivity index (χ0) is 11.7. The summed E-state index contributed by atoms with van der Waals surface area (Å²) in [6, 6.07) is 5.88. The standard InChI is InChI=1S/C12H10ClNO2S/c13-6-9-7-17-12(14-9)8-1-2-10-11(5-8)16-4-3-15-10/h1-2,5,7H,3-4,6H2. The molecule has 0 aliphatic carbocycles. The Balaban J connectivity index is 1.97. The minimum atomic E-state index is 0.445. The summed E-state index contributed by atoms with van der Waals surface area (Å²) < 4.78 is 11.0. The lowest BCUT2D eigenvalue weighted by Gasteiger charge is -2.18. The van der Waals surface area contributed by atoms with E-state index in [2.05, 4.69) is 4.98 Å². The van der Waals surface area contributed by atoms with Crippen molar-refractivity contribution >= 4 is 22.9 Å². The maximum Gasteiger partial charge on any atom is 0.162 e. The van der Waals surface area contributed by atoms with Gasteiger partial charge in [-0.05, 0) is 18.2 Å². The molecule has 0 N–H and O–H groups in total. The van der Waals surface area contributed by atoms with Gasteiger partial charge in [-0.1, -0.05) is 0 Å². The molecule has 0 bridgehead atoms. The topological polar surface area (TPSA) is 31.4 Å². The fraction of sp³-hybridized carbons (Fsp3) is 0.250. The van der Waals surface area contributed by atoms with Crippen molar-refractivity contribution in [1.29, 1.82) is 0 Å². The highest BCUT2D eigenvalue weighted by molar-refractivity contribution is 7.13. The number of alkyl halides is 1. The van der Waals surface area contributed by atoms with E-state index in [1.807, 2.05) is 23.6 Å². The van der Waals surface area contributed by atoms with Crippen molar-refractivity contribution < 1.29 is 9.47 Å². The number of rotatable bonds is 2. The van der Waals surface area contributed by atoms with Gasteiger partial charge in [-0.2, -0.15) is 0 Å². The molecule has 0 amide bonds. The smallest absolute Gasteiger partial charge is 0.162 e. The molecule has 1 aliphatic rings. The van der Waals surface area contributed by atoms with Gasteiger partial charge < -0.3 is 9.47 Å². The lowest BCUT2D eigenvalue weighted by atomic mass is 10.2. The molecule has 0 unspecified atom stereocenters. The number of hydrogen-bond donors (Lipinski definition) is 0. The van der Waals surface area contributed by atoms with E-state index in [-0.39, 0.29) is 0 Å². The Hall–Kier alpha value is -1.26. The van der Waals surface area contributed by atoms with Gasteiger partial charge in [0, 0.05) is 10.9 Å². The van der Waals surface area contributed by atoms with E-state index in [0.717, 1.165) is 27.8 Å². The molecule has 0 saturated heterocycles. The molecule has 0 fully saturated rings. The first-order chi connectivity index (χ1) is 8.36. The summed E-state index contributed by atoms with van der Waals surface area (Å²) in [6.45, 7) is 1.21. The SMILES string of the molecule is ClCc1csc(-c2ccc3c(c2)OCCO3)n1. The Bertz CT molecular complexity index is 541. The van der Waals surface area contributed by atoms with E-state index in [1.54, 1.807) is 11.3 Å². The minimum absolute atomic E-state index is 0.445. The third-order valence-electron chi connectivity index (χ3n) is 2.48. The molecule has 2 aromatic rings. The molecule has 0 saturated carbocycles. The van der Waals surface area contributed by atoms with Crippen molar-refractivity contribution in [2.45, 2.75) is 5.88 Å². The lowest BCUT2D eigenvalue weighted by Crippen LogP contribution is -2.15. The summed E-state index contributed by atoms with van der Waals surface area (Å²) >= 11 is 7.33. The monoisotopic (exact) mass is 267 g/mol. The Morgan fingerprint density at radius 1 is 1.24 bits per heavy atom. The van der Waals surface area contributed by atoms with Gasteiger partial charge in [-0.15, -0.1) is 22.9 Å². The van der Waals surface area contributed by atoms with E-state index in [0.29, 0.717) is 19.1 Å². The van der Waals surface area contributed by atoms with Crippen LogP contribution >= 0.6 is 22.9 Å². The number of benzene rings is 1. The van der Waals surface area contributed by atoms with Gasteiger partial charge in [0.25, 0.3) is 0 Å².